The Kier molecular flexibility index (Phi) is 4.88. The maximum absolute atomic E-state index is 13.6. The molecule has 0 unspecified atom stereocenters. The fraction of sp³-hybridized carbons (Fsp3) is 0.542. The van der Waals surface area contributed by atoms with Gasteiger partial charge in [-0.05, 0) is 43.6 Å². The first-order chi connectivity index (χ1) is 14.5. The third kappa shape index (κ3) is 3.64. The number of aryl methyl sites for hydroxylation is 1. The van der Waals surface area contributed by atoms with Crippen molar-refractivity contribution in [2.45, 2.75) is 44.6 Å². The lowest BCUT2D eigenvalue weighted by molar-refractivity contribution is -0.146. The smallest absolute Gasteiger partial charge is 0.230 e. The SMILES string of the molecule is Cn1cnc([C@@H]2C[C@]3(CCCN(CC4CC4)C3=O)CN2C(=O)Cc2ccccc2)c1. The molecule has 3 aliphatic rings. The molecular weight excluding hydrogens is 376 g/mol. The molecule has 1 aromatic carbocycles. The van der Waals surface area contributed by atoms with Crippen LogP contribution < -0.4 is 0 Å². The number of benzene rings is 1. The Morgan fingerprint density at radius 2 is 2.03 bits per heavy atom. The molecule has 0 bridgehead atoms. The predicted octanol–water partition coefficient (Wildman–Crippen LogP) is 2.96. The number of hydrogen-bond donors (Lipinski definition) is 0. The number of hydrogen-bond acceptors (Lipinski definition) is 3. The summed E-state index contributed by atoms with van der Waals surface area (Å²) in [7, 11) is 1.94. The molecule has 3 fully saturated rings. The maximum atomic E-state index is 13.6. The maximum Gasteiger partial charge on any atom is 0.230 e. The van der Waals surface area contributed by atoms with E-state index < -0.39 is 5.41 Å². The largest absolute Gasteiger partial charge is 0.342 e. The third-order valence-electron chi connectivity index (χ3n) is 7.02. The van der Waals surface area contributed by atoms with Gasteiger partial charge in [-0.15, -0.1) is 0 Å². The summed E-state index contributed by atoms with van der Waals surface area (Å²) in [4.78, 5) is 35.5. The van der Waals surface area contributed by atoms with Gasteiger partial charge >= 0.3 is 0 Å². The molecular formula is C24H30N4O2. The molecule has 3 heterocycles. The highest BCUT2D eigenvalue weighted by Crippen LogP contribution is 2.49. The molecule has 1 saturated carbocycles. The number of carbonyl (C=O) groups is 2. The van der Waals surface area contributed by atoms with Crippen molar-refractivity contribution >= 4 is 11.8 Å². The molecule has 6 heteroatoms. The second-order valence-electron chi connectivity index (χ2n) is 9.45. The zero-order chi connectivity index (χ0) is 20.7. The first-order valence-electron chi connectivity index (χ1n) is 11.1. The summed E-state index contributed by atoms with van der Waals surface area (Å²) < 4.78 is 1.92. The van der Waals surface area contributed by atoms with Crippen LogP contribution in [0.25, 0.3) is 0 Å². The molecule has 158 valence electrons. The molecule has 6 nitrogen and oxygen atoms in total. The molecule has 2 aromatic rings. The van der Waals surface area contributed by atoms with Crippen molar-refractivity contribution in [3.05, 3.63) is 54.1 Å². The van der Waals surface area contributed by atoms with E-state index in [4.69, 9.17) is 0 Å². The summed E-state index contributed by atoms with van der Waals surface area (Å²) in [5.74, 6) is 1.03. The number of carbonyl (C=O) groups excluding carboxylic acids is 2. The van der Waals surface area contributed by atoms with Crippen molar-refractivity contribution in [1.82, 2.24) is 19.4 Å². The molecule has 1 spiro atoms. The van der Waals surface area contributed by atoms with Crippen LogP contribution >= 0.6 is 0 Å². The van der Waals surface area contributed by atoms with Crippen molar-refractivity contribution in [2.24, 2.45) is 18.4 Å². The molecule has 30 heavy (non-hydrogen) atoms. The standard InChI is InChI=1S/C24H30N4O2/c1-26-15-20(25-17-26)21-13-24(10-5-11-27(23(24)30)14-19-8-9-19)16-28(21)22(29)12-18-6-3-2-4-7-18/h2-4,6-7,15,17,19,21H,5,8-14,16H2,1H3/t21-,24+/m0/s1. The van der Waals surface area contributed by atoms with Gasteiger partial charge in [-0.3, -0.25) is 9.59 Å². The van der Waals surface area contributed by atoms with E-state index in [-0.39, 0.29) is 17.9 Å². The van der Waals surface area contributed by atoms with Crippen LogP contribution in [0.2, 0.25) is 0 Å². The summed E-state index contributed by atoms with van der Waals surface area (Å²) in [6.07, 6.45) is 9.19. The molecule has 0 N–H and O–H groups in total. The van der Waals surface area contributed by atoms with E-state index >= 15 is 0 Å². The van der Waals surface area contributed by atoms with Gasteiger partial charge in [0.15, 0.2) is 0 Å². The molecule has 2 saturated heterocycles. The zero-order valence-electron chi connectivity index (χ0n) is 17.7. The number of aromatic nitrogens is 2. The van der Waals surface area contributed by atoms with E-state index in [1.54, 1.807) is 6.33 Å². The number of nitrogens with zero attached hydrogens (tertiary/aromatic N) is 4. The number of rotatable bonds is 5. The van der Waals surface area contributed by atoms with E-state index in [1.165, 1.54) is 12.8 Å². The number of likely N-dealkylation sites (tertiary alicyclic amines) is 2. The van der Waals surface area contributed by atoms with Gasteiger partial charge in [0.25, 0.3) is 0 Å². The highest BCUT2D eigenvalue weighted by molar-refractivity contribution is 5.87. The van der Waals surface area contributed by atoms with E-state index in [0.717, 1.165) is 37.2 Å². The van der Waals surface area contributed by atoms with Crippen LogP contribution in [0.4, 0.5) is 0 Å². The molecule has 0 radical (unpaired) electrons. The first kappa shape index (κ1) is 19.3. The Hall–Kier alpha value is -2.63. The number of imidazole rings is 1. The quantitative estimate of drug-likeness (QED) is 0.767. The summed E-state index contributed by atoms with van der Waals surface area (Å²) in [5.41, 5.74) is 1.44. The van der Waals surface area contributed by atoms with Crippen LogP contribution in [0, 0.1) is 11.3 Å². The van der Waals surface area contributed by atoms with E-state index in [2.05, 4.69) is 9.88 Å². The Bertz CT molecular complexity index is 936. The van der Waals surface area contributed by atoms with Crippen LogP contribution in [0.5, 0.6) is 0 Å². The van der Waals surface area contributed by atoms with Gasteiger partial charge in [0.05, 0.1) is 29.9 Å². The molecule has 2 atom stereocenters. The van der Waals surface area contributed by atoms with Gasteiger partial charge in [-0.1, -0.05) is 30.3 Å². The molecule has 2 aliphatic heterocycles. The van der Waals surface area contributed by atoms with Crippen LogP contribution in [0.15, 0.2) is 42.9 Å². The van der Waals surface area contributed by atoms with E-state index in [9.17, 15) is 9.59 Å². The Balaban J connectivity index is 1.42. The van der Waals surface area contributed by atoms with Crippen molar-refractivity contribution in [2.75, 3.05) is 19.6 Å². The average Bonchev–Trinajstić information content (AvgIpc) is 3.32. The second kappa shape index (κ2) is 7.56. The van der Waals surface area contributed by atoms with Crippen molar-refractivity contribution in [3.63, 3.8) is 0 Å². The lowest BCUT2D eigenvalue weighted by Gasteiger charge is -2.39. The van der Waals surface area contributed by atoms with Gasteiger partial charge in [0, 0.05) is 32.9 Å². The minimum Gasteiger partial charge on any atom is -0.342 e. The summed E-state index contributed by atoms with van der Waals surface area (Å²) in [6.45, 7) is 2.27. The molecule has 2 amide bonds. The predicted molar refractivity (Wildman–Crippen MR) is 113 cm³/mol. The van der Waals surface area contributed by atoms with Crippen LogP contribution in [-0.4, -0.2) is 50.8 Å². The minimum absolute atomic E-state index is 0.0841. The highest BCUT2D eigenvalue weighted by Gasteiger charge is 2.54. The van der Waals surface area contributed by atoms with Crippen molar-refractivity contribution < 1.29 is 9.59 Å². The number of amides is 2. The van der Waals surface area contributed by atoms with Gasteiger partial charge in [0.2, 0.25) is 11.8 Å². The molecule has 1 aromatic heterocycles. The molecule has 1 aliphatic carbocycles. The van der Waals surface area contributed by atoms with Crippen molar-refractivity contribution in [1.29, 1.82) is 0 Å². The minimum atomic E-state index is -0.457. The summed E-state index contributed by atoms with van der Waals surface area (Å²) >= 11 is 0. The van der Waals surface area contributed by atoms with E-state index in [1.807, 2.05) is 53.0 Å². The Morgan fingerprint density at radius 1 is 1.23 bits per heavy atom. The fourth-order valence-corrected chi connectivity index (χ4v) is 5.26. The van der Waals surface area contributed by atoms with Crippen LogP contribution in [-0.2, 0) is 23.1 Å². The Morgan fingerprint density at radius 3 is 2.73 bits per heavy atom. The van der Waals surface area contributed by atoms with Crippen molar-refractivity contribution in [3.8, 4) is 0 Å². The van der Waals surface area contributed by atoms with Crippen LogP contribution in [0.3, 0.4) is 0 Å². The first-order valence-corrected chi connectivity index (χ1v) is 11.1. The summed E-state index contributed by atoms with van der Waals surface area (Å²) in [6, 6.07) is 9.73. The van der Waals surface area contributed by atoms with Gasteiger partial charge < -0.3 is 14.4 Å². The second-order valence-corrected chi connectivity index (χ2v) is 9.45. The van der Waals surface area contributed by atoms with E-state index in [0.29, 0.717) is 25.3 Å². The summed E-state index contributed by atoms with van der Waals surface area (Å²) in [5, 5.41) is 0. The fourth-order valence-electron chi connectivity index (χ4n) is 5.26. The normalized spacial score (nSPS) is 26.6. The van der Waals surface area contributed by atoms with Gasteiger partial charge in [-0.2, -0.15) is 0 Å². The number of piperidine rings is 1. The lowest BCUT2D eigenvalue weighted by Crippen LogP contribution is -2.51. The zero-order valence-corrected chi connectivity index (χ0v) is 17.7. The van der Waals surface area contributed by atoms with Gasteiger partial charge in [0.1, 0.15) is 0 Å². The average molecular weight is 407 g/mol. The molecule has 5 rings (SSSR count). The lowest BCUT2D eigenvalue weighted by atomic mass is 9.76. The topological polar surface area (TPSA) is 58.4 Å². The third-order valence-corrected chi connectivity index (χ3v) is 7.02. The monoisotopic (exact) mass is 406 g/mol. The Labute approximate surface area is 177 Å². The highest BCUT2D eigenvalue weighted by atomic mass is 16.2. The van der Waals surface area contributed by atoms with Gasteiger partial charge in [-0.25, -0.2) is 4.98 Å². The van der Waals surface area contributed by atoms with Crippen LogP contribution in [0.1, 0.15) is 49.4 Å².